The maximum Gasteiger partial charge on any atom is 0.0279 e. The molecule has 1 aromatic rings. The van der Waals surface area contributed by atoms with Crippen LogP contribution in [-0.2, 0) is 6.42 Å². The zero-order chi connectivity index (χ0) is 14.5. The second kappa shape index (κ2) is 7.58. The van der Waals surface area contributed by atoms with E-state index in [4.69, 9.17) is 5.84 Å². The first-order chi connectivity index (χ1) is 9.60. The normalized spacial score (nSPS) is 24.9. The molecule has 0 spiro atoms. The average Bonchev–Trinajstić information content (AvgIpc) is 2.45. The van der Waals surface area contributed by atoms with Crippen molar-refractivity contribution < 1.29 is 0 Å². The predicted molar refractivity (Wildman–Crippen MR) is 89.2 cm³/mol. The molecule has 3 N–H and O–H groups in total. The van der Waals surface area contributed by atoms with E-state index in [1.54, 1.807) is 0 Å². The molecule has 1 aliphatic carbocycles. The van der Waals surface area contributed by atoms with E-state index in [9.17, 15) is 0 Å². The molecule has 1 aliphatic rings. The molecular formula is C17H27BrN2. The SMILES string of the molecule is CC(C)C1CCC(C(Cc2cccc(Br)c2)NN)CC1. The molecule has 0 heterocycles. The number of nitrogens with two attached hydrogens (primary N) is 1. The Bertz CT molecular complexity index is 411. The summed E-state index contributed by atoms with van der Waals surface area (Å²) < 4.78 is 1.15. The molecule has 1 atom stereocenters. The minimum absolute atomic E-state index is 0.400. The van der Waals surface area contributed by atoms with Crippen LogP contribution in [0.1, 0.15) is 45.1 Å². The van der Waals surface area contributed by atoms with E-state index in [0.717, 1.165) is 22.7 Å². The van der Waals surface area contributed by atoms with Crippen LogP contribution in [0.2, 0.25) is 0 Å². The van der Waals surface area contributed by atoms with Gasteiger partial charge in [-0.3, -0.25) is 11.3 Å². The van der Waals surface area contributed by atoms with Crippen molar-refractivity contribution in [2.75, 3.05) is 0 Å². The van der Waals surface area contributed by atoms with Gasteiger partial charge < -0.3 is 0 Å². The molecule has 3 heteroatoms. The Morgan fingerprint density at radius 3 is 2.40 bits per heavy atom. The summed E-state index contributed by atoms with van der Waals surface area (Å²) in [5.74, 6) is 8.28. The zero-order valence-electron chi connectivity index (χ0n) is 12.6. The van der Waals surface area contributed by atoms with Crippen LogP contribution >= 0.6 is 15.9 Å². The molecule has 1 unspecified atom stereocenters. The molecule has 20 heavy (non-hydrogen) atoms. The van der Waals surface area contributed by atoms with Crippen molar-refractivity contribution in [2.24, 2.45) is 23.6 Å². The molecule has 0 aliphatic heterocycles. The summed E-state index contributed by atoms with van der Waals surface area (Å²) in [7, 11) is 0. The van der Waals surface area contributed by atoms with Gasteiger partial charge in [0.05, 0.1) is 0 Å². The van der Waals surface area contributed by atoms with E-state index in [-0.39, 0.29) is 0 Å². The molecule has 0 bridgehead atoms. The molecule has 2 rings (SSSR count). The van der Waals surface area contributed by atoms with Crippen molar-refractivity contribution in [2.45, 2.75) is 52.0 Å². The first-order valence-electron chi connectivity index (χ1n) is 7.80. The molecule has 1 fully saturated rings. The van der Waals surface area contributed by atoms with E-state index in [2.05, 4.69) is 59.5 Å². The number of halogens is 1. The lowest BCUT2D eigenvalue weighted by Crippen LogP contribution is -2.44. The van der Waals surface area contributed by atoms with Crippen molar-refractivity contribution in [3.05, 3.63) is 34.3 Å². The Hall–Kier alpha value is -0.380. The summed E-state index contributed by atoms with van der Waals surface area (Å²) in [4.78, 5) is 0. The monoisotopic (exact) mass is 338 g/mol. The van der Waals surface area contributed by atoms with Crippen molar-refractivity contribution in [1.29, 1.82) is 0 Å². The van der Waals surface area contributed by atoms with Gasteiger partial charge in [-0.25, -0.2) is 0 Å². The maximum atomic E-state index is 5.82. The first kappa shape index (κ1) is 16.0. The third-order valence-electron chi connectivity index (χ3n) is 4.89. The average molecular weight is 339 g/mol. The summed E-state index contributed by atoms with van der Waals surface area (Å²) >= 11 is 3.54. The van der Waals surface area contributed by atoms with E-state index < -0.39 is 0 Å². The number of hydrogen-bond donors (Lipinski definition) is 2. The Balaban J connectivity index is 1.92. The number of nitrogens with one attached hydrogen (secondary N) is 1. The Kier molecular flexibility index (Phi) is 6.06. The number of rotatable bonds is 5. The summed E-state index contributed by atoms with van der Waals surface area (Å²) in [6.07, 6.45) is 6.36. The predicted octanol–water partition coefficient (Wildman–Crippen LogP) is 4.29. The van der Waals surface area contributed by atoms with Crippen LogP contribution in [-0.4, -0.2) is 6.04 Å². The van der Waals surface area contributed by atoms with Crippen LogP contribution in [0, 0.1) is 17.8 Å². The maximum absolute atomic E-state index is 5.82. The van der Waals surface area contributed by atoms with Crippen LogP contribution in [0.3, 0.4) is 0 Å². The van der Waals surface area contributed by atoms with Crippen LogP contribution in [0.25, 0.3) is 0 Å². The smallest absolute Gasteiger partial charge is 0.0279 e. The van der Waals surface area contributed by atoms with E-state index in [1.165, 1.54) is 31.2 Å². The highest BCUT2D eigenvalue weighted by Gasteiger charge is 2.28. The van der Waals surface area contributed by atoms with Crippen molar-refractivity contribution >= 4 is 15.9 Å². The second-order valence-electron chi connectivity index (χ2n) is 6.53. The van der Waals surface area contributed by atoms with Gasteiger partial charge in [0.25, 0.3) is 0 Å². The largest absolute Gasteiger partial charge is 0.271 e. The van der Waals surface area contributed by atoms with Gasteiger partial charge in [-0.1, -0.05) is 41.9 Å². The molecule has 0 aromatic heterocycles. The molecule has 0 amide bonds. The lowest BCUT2D eigenvalue weighted by atomic mass is 9.74. The Labute approximate surface area is 131 Å². The summed E-state index contributed by atoms with van der Waals surface area (Å²) in [6.45, 7) is 4.70. The third-order valence-corrected chi connectivity index (χ3v) is 5.38. The molecule has 0 radical (unpaired) electrons. The fourth-order valence-electron chi connectivity index (χ4n) is 3.49. The van der Waals surface area contributed by atoms with Crippen LogP contribution in [0.15, 0.2) is 28.7 Å². The van der Waals surface area contributed by atoms with Crippen molar-refractivity contribution in [3.8, 4) is 0 Å². The lowest BCUT2D eigenvalue weighted by molar-refractivity contribution is 0.188. The zero-order valence-corrected chi connectivity index (χ0v) is 14.2. The minimum atomic E-state index is 0.400. The Morgan fingerprint density at radius 1 is 1.20 bits per heavy atom. The third kappa shape index (κ3) is 4.31. The lowest BCUT2D eigenvalue weighted by Gasteiger charge is -2.35. The number of benzene rings is 1. The Morgan fingerprint density at radius 2 is 1.85 bits per heavy atom. The molecule has 1 saturated carbocycles. The quantitative estimate of drug-likeness (QED) is 0.620. The number of hydrazine groups is 1. The first-order valence-corrected chi connectivity index (χ1v) is 8.60. The molecule has 112 valence electrons. The molecular weight excluding hydrogens is 312 g/mol. The molecule has 0 saturated heterocycles. The topological polar surface area (TPSA) is 38.0 Å². The molecule has 2 nitrogen and oxygen atoms in total. The van der Waals surface area contributed by atoms with Gasteiger partial charge in [-0.05, 0) is 67.6 Å². The van der Waals surface area contributed by atoms with Crippen molar-refractivity contribution in [3.63, 3.8) is 0 Å². The number of hydrogen-bond acceptors (Lipinski definition) is 2. The second-order valence-corrected chi connectivity index (χ2v) is 7.44. The van der Waals surface area contributed by atoms with Gasteiger partial charge in [0.1, 0.15) is 0 Å². The van der Waals surface area contributed by atoms with Gasteiger partial charge in [-0.2, -0.15) is 0 Å². The van der Waals surface area contributed by atoms with Gasteiger partial charge in [-0.15, -0.1) is 0 Å². The van der Waals surface area contributed by atoms with Crippen LogP contribution in [0.5, 0.6) is 0 Å². The highest BCUT2D eigenvalue weighted by atomic mass is 79.9. The van der Waals surface area contributed by atoms with Crippen molar-refractivity contribution in [1.82, 2.24) is 5.43 Å². The summed E-state index contributed by atoms with van der Waals surface area (Å²) in [5, 5.41) is 0. The van der Waals surface area contributed by atoms with Gasteiger partial charge >= 0.3 is 0 Å². The van der Waals surface area contributed by atoms with Crippen LogP contribution < -0.4 is 11.3 Å². The minimum Gasteiger partial charge on any atom is -0.271 e. The fourth-order valence-corrected chi connectivity index (χ4v) is 3.94. The van der Waals surface area contributed by atoms with Gasteiger partial charge in [0.15, 0.2) is 0 Å². The van der Waals surface area contributed by atoms with E-state index in [0.29, 0.717) is 12.0 Å². The highest BCUT2D eigenvalue weighted by molar-refractivity contribution is 9.10. The fraction of sp³-hybridized carbons (Fsp3) is 0.647. The molecule has 1 aromatic carbocycles. The van der Waals surface area contributed by atoms with Crippen LogP contribution in [0.4, 0.5) is 0 Å². The summed E-state index contributed by atoms with van der Waals surface area (Å²) in [6, 6.07) is 8.96. The van der Waals surface area contributed by atoms with Gasteiger partial charge in [0.2, 0.25) is 0 Å². The standard InChI is InChI=1S/C17H27BrN2/c1-12(2)14-6-8-15(9-7-14)17(20-19)11-13-4-3-5-16(18)10-13/h3-5,10,12,14-15,17,20H,6-9,11,19H2,1-2H3. The van der Waals surface area contributed by atoms with E-state index >= 15 is 0 Å². The highest BCUT2D eigenvalue weighted by Crippen LogP contribution is 2.35. The van der Waals surface area contributed by atoms with E-state index in [1.807, 2.05) is 0 Å². The summed E-state index contributed by atoms with van der Waals surface area (Å²) in [5.41, 5.74) is 4.42. The van der Waals surface area contributed by atoms with Gasteiger partial charge in [0, 0.05) is 10.5 Å².